The first-order valence-electron chi connectivity index (χ1n) is 9.06. The Balaban J connectivity index is 1.57. The molecule has 1 aliphatic rings. The van der Waals surface area contributed by atoms with Crippen molar-refractivity contribution in [3.8, 4) is 5.75 Å². The number of likely N-dealkylation sites (tertiary alicyclic amines) is 1. The monoisotopic (exact) mass is 352 g/mol. The second kappa shape index (κ2) is 8.52. The van der Waals surface area contributed by atoms with Gasteiger partial charge in [-0.2, -0.15) is 0 Å². The van der Waals surface area contributed by atoms with E-state index in [1.807, 2.05) is 29.2 Å². The van der Waals surface area contributed by atoms with Crippen molar-refractivity contribution in [3.05, 3.63) is 59.7 Å². The predicted molar refractivity (Wildman–Crippen MR) is 102 cm³/mol. The van der Waals surface area contributed by atoms with Gasteiger partial charge >= 0.3 is 0 Å². The molecule has 26 heavy (non-hydrogen) atoms. The smallest absolute Gasteiger partial charge is 0.262 e. The Bertz CT molecular complexity index is 782. The van der Waals surface area contributed by atoms with Crippen molar-refractivity contribution in [2.75, 3.05) is 25.0 Å². The zero-order valence-electron chi connectivity index (χ0n) is 15.0. The minimum Gasteiger partial charge on any atom is -0.484 e. The second-order valence-corrected chi connectivity index (χ2v) is 6.42. The fourth-order valence-corrected chi connectivity index (χ4v) is 3.03. The van der Waals surface area contributed by atoms with Gasteiger partial charge in [-0.25, -0.2) is 0 Å². The van der Waals surface area contributed by atoms with Crippen LogP contribution in [0.2, 0.25) is 0 Å². The lowest BCUT2D eigenvalue weighted by molar-refractivity contribution is -0.118. The molecule has 0 atom stereocenters. The van der Waals surface area contributed by atoms with E-state index in [9.17, 15) is 9.59 Å². The van der Waals surface area contributed by atoms with Crippen molar-refractivity contribution in [3.63, 3.8) is 0 Å². The third-order valence-corrected chi connectivity index (χ3v) is 4.46. The van der Waals surface area contributed by atoms with Crippen LogP contribution in [0.3, 0.4) is 0 Å². The molecule has 0 unspecified atom stereocenters. The number of nitrogens with one attached hydrogen (secondary N) is 1. The highest BCUT2D eigenvalue weighted by atomic mass is 16.5. The van der Waals surface area contributed by atoms with Crippen LogP contribution < -0.4 is 10.1 Å². The van der Waals surface area contributed by atoms with Crippen LogP contribution >= 0.6 is 0 Å². The van der Waals surface area contributed by atoms with Gasteiger partial charge in [0.15, 0.2) is 6.61 Å². The fraction of sp³-hybridized carbons (Fsp3) is 0.333. The van der Waals surface area contributed by atoms with Gasteiger partial charge in [0.05, 0.1) is 0 Å². The summed E-state index contributed by atoms with van der Waals surface area (Å²) in [6.45, 7) is 3.61. The summed E-state index contributed by atoms with van der Waals surface area (Å²) in [6.07, 6.45) is 3.03. The van der Waals surface area contributed by atoms with E-state index in [1.165, 1.54) is 0 Å². The molecule has 5 heteroatoms. The molecule has 1 saturated heterocycles. The summed E-state index contributed by atoms with van der Waals surface area (Å²) in [4.78, 5) is 26.4. The zero-order valence-corrected chi connectivity index (χ0v) is 15.0. The molecule has 0 radical (unpaired) electrons. The third-order valence-electron chi connectivity index (χ3n) is 4.46. The van der Waals surface area contributed by atoms with Gasteiger partial charge in [-0.05, 0) is 55.2 Å². The van der Waals surface area contributed by atoms with Crippen LogP contribution in [-0.4, -0.2) is 36.4 Å². The van der Waals surface area contributed by atoms with E-state index in [1.54, 1.807) is 24.3 Å². The number of rotatable bonds is 6. The average molecular weight is 352 g/mol. The molecule has 1 fully saturated rings. The lowest BCUT2D eigenvalue weighted by Gasteiger charge is -2.16. The molecule has 5 nitrogen and oxygen atoms in total. The number of carbonyl (C=O) groups is 2. The quantitative estimate of drug-likeness (QED) is 0.866. The van der Waals surface area contributed by atoms with E-state index < -0.39 is 0 Å². The number of anilines is 1. The van der Waals surface area contributed by atoms with Crippen molar-refractivity contribution in [2.45, 2.75) is 26.2 Å². The Kier molecular flexibility index (Phi) is 5.89. The standard InChI is InChI=1S/C21H24N2O3/c1-2-16-7-5-10-19(13-16)26-15-20(24)22-18-9-6-8-17(14-18)21(25)23-11-3-4-12-23/h5-10,13-14H,2-4,11-12,15H2,1H3,(H,22,24). The first-order chi connectivity index (χ1) is 12.7. The molecular formula is C21H24N2O3. The molecule has 0 aliphatic carbocycles. The van der Waals surface area contributed by atoms with E-state index in [0.717, 1.165) is 37.9 Å². The summed E-state index contributed by atoms with van der Waals surface area (Å²) in [5.41, 5.74) is 2.36. The molecule has 0 aromatic heterocycles. The largest absolute Gasteiger partial charge is 0.484 e. The molecule has 3 rings (SSSR count). The van der Waals surface area contributed by atoms with Crippen molar-refractivity contribution >= 4 is 17.5 Å². The van der Waals surface area contributed by atoms with Gasteiger partial charge in [0, 0.05) is 24.3 Å². The molecule has 1 aliphatic heterocycles. The van der Waals surface area contributed by atoms with Crippen LogP contribution in [0.15, 0.2) is 48.5 Å². The number of hydrogen-bond donors (Lipinski definition) is 1. The molecule has 136 valence electrons. The molecule has 0 saturated carbocycles. The van der Waals surface area contributed by atoms with Gasteiger partial charge in [0.25, 0.3) is 11.8 Å². The summed E-state index contributed by atoms with van der Waals surface area (Å²) in [6, 6.07) is 14.8. The second-order valence-electron chi connectivity index (χ2n) is 6.42. The highest BCUT2D eigenvalue weighted by Crippen LogP contribution is 2.17. The number of nitrogens with zero attached hydrogens (tertiary/aromatic N) is 1. The van der Waals surface area contributed by atoms with Crippen LogP contribution in [-0.2, 0) is 11.2 Å². The molecule has 2 aromatic rings. The average Bonchev–Trinajstić information content (AvgIpc) is 3.21. The van der Waals surface area contributed by atoms with E-state index in [-0.39, 0.29) is 18.4 Å². The summed E-state index contributed by atoms with van der Waals surface area (Å²) in [5.74, 6) is 0.446. The summed E-state index contributed by atoms with van der Waals surface area (Å²) >= 11 is 0. The first kappa shape index (κ1) is 18.0. The van der Waals surface area contributed by atoms with Crippen molar-refractivity contribution in [2.24, 2.45) is 0 Å². The van der Waals surface area contributed by atoms with Crippen LogP contribution in [0.25, 0.3) is 0 Å². The van der Waals surface area contributed by atoms with E-state index >= 15 is 0 Å². The molecular weight excluding hydrogens is 328 g/mol. The number of benzene rings is 2. The van der Waals surface area contributed by atoms with Gasteiger partial charge in [-0.1, -0.05) is 25.1 Å². The first-order valence-corrected chi connectivity index (χ1v) is 9.06. The number of ether oxygens (including phenoxy) is 1. The minimum absolute atomic E-state index is 0.0197. The van der Waals surface area contributed by atoms with Crippen molar-refractivity contribution in [1.82, 2.24) is 4.90 Å². The van der Waals surface area contributed by atoms with E-state index in [0.29, 0.717) is 17.0 Å². The summed E-state index contributed by atoms with van der Waals surface area (Å²) in [5, 5.41) is 2.79. The van der Waals surface area contributed by atoms with Gasteiger partial charge in [0.1, 0.15) is 5.75 Å². The third kappa shape index (κ3) is 4.63. The lowest BCUT2D eigenvalue weighted by Crippen LogP contribution is -2.27. The summed E-state index contributed by atoms with van der Waals surface area (Å²) < 4.78 is 5.55. The maximum atomic E-state index is 12.4. The van der Waals surface area contributed by atoms with E-state index in [4.69, 9.17) is 4.74 Å². The molecule has 0 spiro atoms. The Morgan fingerprint density at radius 2 is 1.85 bits per heavy atom. The minimum atomic E-state index is -0.252. The van der Waals surface area contributed by atoms with E-state index in [2.05, 4.69) is 12.2 Å². The maximum absolute atomic E-state index is 12.4. The van der Waals surface area contributed by atoms with Gasteiger partial charge in [-0.15, -0.1) is 0 Å². The highest BCUT2D eigenvalue weighted by Gasteiger charge is 2.19. The van der Waals surface area contributed by atoms with Crippen molar-refractivity contribution in [1.29, 1.82) is 0 Å². The van der Waals surface area contributed by atoms with Crippen LogP contribution in [0.4, 0.5) is 5.69 Å². The Morgan fingerprint density at radius 3 is 2.62 bits per heavy atom. The molecule has 2 amide bonds. The molecule has 1 heterocycles. The Labute approximate surface area is 154 Å². The van der Waals surface area contributed by atoms with Gasteiger partial charge in [0.2, 0.25) is 0 Å². The van der Waals surface area contributed by atoms with Gasteiger partial charge < -0.3 is 15.0 Å². The van der Waals surface area contributed by atoms with Crippen LogP contribution in [0.5, 0.6) is 5.75 Å². The predicted octanol–water partition coefficient (Wildman–Crippen LogP) is 3.50. The number of aryl methyl sites for hydroxylation is 1. The maximum Gasteiger partial charge on any atom is 0.262 e. The SMILES string of the molecule is CCc1cccc(OCC(=O)Nc2cccc(C(=O)N3CCCC3)c2)c1. The number of amides is 2. The van der Waals surface area contributed by atoms with Crippen LogP contribution in [0.1, 0.15) is 35.7 Å². The topological polar surface area (TPSA) is 58.6 Å². The molecule has 2 aromatic carbocycles. The fourth-order valence-electron chi connectivity index (χ4n) is 3.03. The normalized spacial score (nSPS) is 13.5. The zero-order chi connectivity index (χ0) is 18.4. The molecule has 1 N–H and O–H groups in total. The Morgan fingerprint density at radius 1 is 1.08 bits per heavy atom. The number of carbonyl (C=O) groups excluding carboxylic acids is 2. The van der Waals surface area contributed by atoms with Gasteiger partial charge in [-0.3, -0.25) is 9.59 Å². The lowest BCUT2D eigenvalue weighted by atomic mass is 10.1. The van der Waals surface area contributed by atoms with Crippen LogP contribution in [0, 0.1) is 0 Å². The molecule has 0 bridgehead atoms. The Hall–Kier alpha value is -2.82. The number of hydrogen-bond acceptors (Lipinski definition) is 3. The van der Waals surface area contributed by atoms with Crippen molar-refractivity contribution < 1.29 is 14.3 Å². The summed E-state index contributed by atoms with van der Waals surface area (Å²) in [7, 11) is 0. The highest BCUT2D eigenvalue weighted by molar-refractivity contribution is 5.97.